The van der Waals surface area contributed by atoms with Gasteiger partial charge in [0.05, 0.1) is 0 Å². The molecule has 0 spiro atoms. The fourth-order valence-electron chi connectivity index (χ4n) is 1.73. The van der Waals surface area contributed by atoms with Gasteiger partial charge in [-0.2, -0.15) is 0 Å². The summed E-state index contributed by atoms with van der Waals surface area (Å²) in [6.45, 7) is 7.47. The number of nitrogens with one attached hydrogen (secondary N) is 1. The van der Waals surface area contributed by atoms with Crippen molar-refractivity contribution >= 4 is 23.2 Å². The zero-order chi connectivity index (χ0) is 13.5. The molecule has 0 amide bonds. The average molecular weight is 286 g/mol. The summed E-state index contributed by atoms with van der Waals surface area (Å²) in [6.07, 6.45) is 4.20. The van der Waals surface area contributed by atoms with Crippen molar-refractivity contribution in [3.8, 4) is 0 Å². The van der Waals surface area contributed by atoms with Gasteiger partial charge in [-0.3, -0.25) is 0 Å². The maximum absolute atomic E-state index is 6.15. The second-order valence-corrected chi connectivity index (χ2v) is 5.70. The Morgan fingerprint density at radius 3 is 2.67 bits per heavy atom. The molecule has 0 aliphatic rings. The molecule has 0 saturated heterocycles. The van der Waals surface area contributed by atoms with E-state index in [1.807, 2.05) is 12.1 Å². The summed E-state index contributed by atoms with van der Waals surface area (Å²) in [7, 11) is 0. The molecule has 0 heterocycles. The highest BCUT2D eigenvalue weighted by Gasteiger charge is 2.02. The van der Waals surface area contributed by atoms with Crippen molar-refractivity contribution in [1.82, 2.24) is 5.32 Å². The van der Waals surface area contributed by atoms with Gasteiger partial charge < -0.3 is 5.32 Å². The van der Waals surface area contributed by atoms with E-state index in [4.69, 9.17) is 23.2 Å². The SMILES string of the molecule is CC(=CCCNC(C)C)Cc1ccc(Cl)cc1Cl. The maximum atomic E-state index is 6.15. The Morgan fingerprint density at radius 2 is 2.06 bits per heavy atom. The molecule has 1 aromatic carbocycles. The molecule has 0 bridgehead atoms. The van der Waals surface area contributed by atoms with Gasteiger partial charge in [0.25, 0.3) is 0 Å². The van der Waals surface area contributed by atoms with Gasteiger partial charge in [0.2, 0.25) is 0 Å². The van der Waals surface area contributed by atoms with E-state index in [0.717, 1.165) is 30.0 Å². The molecule has 1 N–H and O–H groups in total. The van der Waals surface area contributed by atoms with E-state index >= 15 is 0 Å². The highest BCUT2D eigenvalue weighted by molar-refractivity contribution is 6.35. The molecule has 0 saturated carbocycles. The lowest BCUT2D eigenvalue weighted by atomic mass is 10.1. The first kappa shape index (κ1) is 15.6. The summed E-state index contributed by atoms with van der Waals surface area (Å²) in [4.78, 5) is 0. The van der Waals surface area contributed by atoms with Crippen LogP contribution in [0.4, 0.5) is 0 Å². The van der Waals surface area contributed by atoms with Crippen LogP contribution in [0.2, 0.25) is 10.0 Å². The predicted molar refractivity (Wildman–Crippen MR) is 81.7 cm³/mol. The lowest BCUT2D eigenvalue weighted by Crippen LogP contribution is -2.23. The number of hydrogen-bond donors (Lipinski definition) is 1. The summed E-state index contributed by atoms with van der Waals surface area (Å²) in [5.41, 5.74) is 2.47. The van der Waals surface area contributed by atoms with Crippen LogP contribution in [0, 0.1) is 0 Å². The zero-order valence-corrected chi connectivity index (χ0v) is 12.8. The summed E-state index contributed by atoms with van der Waals surface area (Å²) in [5, 5.41) is 4.83. The van der Waals surface area contributed by atoms with Gasteiger partial charge in [0.15, 0.2) is 0 Å². The lowest BCUT2D eigenvalue weighted by Gasteiger charge is -2.07. The molecule has 0 aliphatic heterocycles. The van der Waals surface area contributed by atoms with Crippen molar-refractivity contribution in [2.75, 3.05) is 6.54 Å². The van der Waals surface area contributed by atoms with Gasteiger partial charge in [0.1, 0.15) is 0 Å². The smallest absolute Gasteiger partial charge is 0.0456 e. The largest absolute Gasteiger partial charge is 0.314 e. The summed E-state index contributed by atoms with van der Waals surface area (Å²) in [6, 6.07) is 6.22. The van der Waals surface area contributed by atoms with Crippen LogP contribution in [0.25, 0.3) is 0 Å². The molecule has 0 fully saturated rings. The Balaban J connectivity index is 2.48. The molecule has 0 radical (unpaired) electrons. The zero-order valence-electron chi connectivity index (χ0n) is 11.3. The van der Waals surface area contributed by atoms with Gasteiger partial charge >= 0.3 is 0 Å². The fraction of sp³-hybridized carbons (Fsp3) is 0.467. The number of benzene rings is 1. The molecule has 18 heavy (non-hydrogen) atoms. The molecular weight excluding hydrogens is 265 g/mol. The summed E-state index contributed by atoms with van der Waals surface area (Å²) >= 11 is 12.0. The van der Waals surface area contributed by atoms with Crippen molar-refractivity contribution in [1.29, 1.82) is 0 Å². The Bertz CT molecular complexity index is 411. The van der Waals surface area contributed by atoms with Crippen molar-refractivity contribution in [3.63, 3.8) is 0 Å². The lowest BCUT2D eigenvalue weighted by molar-refractivity contribution is 0.594. The van der Waals surface area contributed by atoms with Crippen LogP contribution in [0.1, 0.15) is 32.8 Å². The van der Waals surface area contributed by atoms with Crippen molar-refractivity contribution in [2.45, 2.75) is 39.7 Å². The Kier molecular flexibility index (Phi) is 6.77. The standard InChI is InChI=1S/C15H21Cl2N/c1-11(2)18-8-4-5-12(3)9-13-6-7-14(16)10-15(13)17/h5-7,10-11,18H,4,8-9H2,1-3H3. The second-order valence-electron chi connectivity index (χ2n) is 4.86. The van der Waals surface area contributed by atoms with E-state index in [2.05, 4.69) is 32.2 Å². The first-order valence-corrected chi connectivity index (χ1v) is 7.07. The fourth-order valence-corrected chi connectivity index (χ4v) is 2.20. The van der Waals surface area contributed by atoms with Gasteiger partial charge in [-0.1, -0.05) is 54.8 Å². The van der Waals surface area contributed by atoms with Crippen LogP contribution in [-0.2, 0) is 6.42 Å². The summed E-state index contributed by atoms with van der Waals surface area (Å²) < 4.78 is 0. The van der Waals surface area contributed by atoms with Crippen LogP contribution in [-0.4, -0.2) is 12.6 Å². The van der Waals surface area contributed by atoms with Gasteiger partial charge in [-0.05, 0) is 44.0 Å². The number of hydrogen-bond acceptors (Lipinski definition) is 1. The van der Waals surface area contributed by atoms with Crippen LogP contribution in [0.15, 0.2) is 29.8 Å². The van der Waals surface area contributed by atoms with Gasteiger partial charge in [0, 0.05) is 16.1 Å². The molecule has 0 unspecified atom stereocenters. The normalized spacial score (nSPS) is 12.2. The Hall–Kier alpha value is -0.500. The number of rotatable bonds is 6. The van der Waals surface area contributed by atoms with E-state index in [1.54, 1.807) is 6.07 Å². The van der Waals surface area contributed by atoms with E-state index < -0.39 is 0 Å². The summed E-state index contributed by atoms with van der Waals surface area (Å²) in [5.74, 6) is 0. The molecule has 100 valence electrons. The van der Waals surface area contributed by atoms with Crippen LogP contribution in [0.5, 0.6) is 0 Å². The number of halogens is 2. The topological polar surface area (TPSA) is 12.0 Å². The third kappa shape index (κ3) is 5.90. The van der Waals surface area contributed by atoms with Crippen LogP contribution >= 0.6 is 23.2 Å². The average Bonchev–Trinajstić information content (AvgIpc) is 2.28. The van der Waals surface area contributed by atoms with Gasteiger partial charge in [-0.15, -0.1) is 0 Å². The van der Waals surface area contributed by atoms with Crippen LogP contribution < -0.4 is 5.32 Å². The quantitative estimate of drug-likeness (QED) is 0.581. The first-order chi connectivity index (χ1) is 8.49. The van der Waals surface area contributed by atoms with Crippen LogP contribution in [0.3, 0.4) is 0 Å². The molecule has 3 heteroatoms. The van der Waals surface area contributed by atoms with Crippen molar-refractivity contribution in [3.05, 3.63) is 45.5 Å². The monoisotopic (exact) mass is 285 g/mol. The third-order valence-electron chi connectivity index (χ3n) is 2.67. The highest BCUT2D eigenvalue weighted by Crippen LogP contribution is 2.23. The van der Waals surface area contributed by atoms with E-state index in [9.17, 15) is 0 Å². The van der Waals surface area contributed by atoms with E-state index in [0.29, 0.717) is 11.1 Å². The Morgan fingerprint density at radius 1 is 1.33 bits per heavy atom. The van der Waals surface area contributed by atoms with E-state index in [1.165, 1.54) is 5.57 Å². The molecule has 1 aromatic rings. The molecular formula is C15H21Cl2N. The minimum absolute atomic E-state index is 0.546. The first-order valence-electron chi connectivity index (χ1n) is 6.32. The molecule has 1 rings (SSSR count). The van der Waals surface area contributed by atoms with Crippen molar-refractivity contribution in [2.24, 2.45) is 0 Å². The second kappa shape index (κ2) is 7.83. The number of allylic oxidation sites excluding steroid dienone is 1. The predicted octanol–water partition coefficient (Wildman–Crippen LogP) is 4.87. The Labute approximate surface area is 120 Å². The minimum atomic E-state index is 0.546. The van der Waals surface area contributed by atoms with Crippen molar-refractivity contribution < 1.29 is 0 Å². The molecule has 0 aliphatic carbocycles. The minimum Gasteiger partial charge on any atom is -0.314 e. The highest BCUT2D eigenvalue weighted by atomic mass is 35.5. The molecule has 0 aromatic heterocycles. The van der Waals surface area contributed by atoms with Gasteiger partial charge in [-0.25, -0.2) is 0 Å². The molecule has 1 nitrogen and oxygen atoms in total. The molecule has 0 atom stereocenters. The maximum Gasteiger partial charge on any atom is 0.0456 e. The third-order valence-corrected chi connectivity index (χ3v) is 3.26. The van der Waals surface area contributed by atoms with E-state index in [-0.39, 0.29) is 0 Å².